The van der Waals surface area contributed by atoms with Gasteiger partial charge in [0.25, 0.3) is 0 Å². The number of ether oxygens (including phenoxy) is 1. The van der Waals surface area contributed by atoms with Gasteiger partial charge >= 0.3 is 0 Å². The Labute approximate surface area is 103 Å². The molecule has 1 N–H and O–H groups in total. The summed E-state index contributed by atoms with van der Waals surface area (Å²) in [6, 6.07) is 4.86. The maximum absolute atomic E-state index is 5.52. The first-order chi connectivity index (χ1) is 8.36. The molecule has 0 aromatic carbocycles. The summed E-state index contributed by atoms with van der Waals surface area (Å²) >= 11 is 0. The van der Waals surface area contributed by atoms with Crippen molar-refractivity contribution in [2.75, 3.05) is 19.8 Å². The molecule has 0 spiro atoms. The predicted octanol–water partition coefficient (Wildman–Crippen LogP) is 2.37. The van der Waals surface area contributed by atoms with Crippen LogP contribution in [0.15, 0.2) is 22.8 Å². The molecule has 1 aliphatic carbocycles. The van der Waals surface area contributed by atoms with Gasteiger partial charge in [0.05, 0.1) is 6.26 Å². The van der Waals surface area contributed by atoms with Crippen LogP contribution in [-0.2, 0) is 11.2 Å². The second-order valence-corrected chi connectivity index (χ2v) is 5.52. The van der Waals surface area contributed by atoms with E-state index in [0.717, 1.165) is 50.8 Å². The van der Waals surface area contributed by atoms with Gasteiger partial charge in [-0.2, -0.15) is 0 Å². The van der Waals surface area contributed by atoms with Crippen molar-refractivity contribution in [3.05, 3.63) is 24.2 Å². The summed E-state index contributed by atoms with van der Waals surface area (Å²) in [4.78, 5) is 0. The summed E-state index contributed by atoms with van der Waals surface area (Å²) in [5.41, 5.74) is 0.346. The lowest BCUT2D eigenvalue weighted by Crippen LogP contribution is -2.41. The first-order valence-corrected chi connectivity index (χ1v) is 6.70. The number of rotatable bonds is 5. The lowest BCUT2D eigenvalue weighted by molar-refractivity contribution is 0.0124. The van der Waals surface area contributed by atoms with Crippen molar-refractivity contribution in [3.8, 4) is 0 Å². The topological polar surface area (TPSA) is 34.4 Å². The first kappa shape index (κ1) is 11.3. The van der Waals surface area contributed by atoms with Crippen molar-refractivity contribution >= 4 is 0 Å². The van der Waals surface area contributed by atoms with Crippen molar-refractivity contribution in [1.82, 2.24) is 5.32 Å². The van der Waals surface area contributed by atoms with Crippen LogP contribution in [0.5, 0.6) is 0 Å². The zero-order valence-electron chi connectivity index (χ0n) is 10.3. The van der Waals surface area contributed by atoms with Crippen LogP contribution < -0.4 is 5.32 Å². The van der Waals surface area contributed by atoms with E-state index in [1.165, 1.54) is 12.8 Å². The Morgan fingerprint density at radius 3 is 2.76 bits per heavy atom. The quantitative estimate of drug-likeness (QED) is 0.851. The van der Waals surface area contributed by atoms with E-state index in [1.54, 1.807) is 6.26 Å². The standard InChI is InChI=1S/C14H21NO2/c1-2-13(17-7-1)10-14(5-8-16-9-6-14)11-15-12-3-4-12/h1-2,7,12,15H,3-6,8-11H2. The molecule has 0 atom stereocenters. The lowest BCUT2D eigenvalue weighted by atomic mass is 9.76. The Balaban J connectivity index is 1.65. The summed E-state index contributed by atoms with van der Waals surface area (Å²) in [5, 5.41) is 3.68. The maximum Gasteiger partial charge on any atom is 0.104 e. The third-order valence-corrected chi connectivity index (χ3v) is 4.03. The molecule has 1 aromatic heterocycles. The van der Waals surface area contributed by atoms with Crippen LogP contribution in [0.1, 0.15) is 31.4 Å². The van der Waals surface area contributed by atoms with Crippen molar-refractivity contribution in [3.63, 3.8) is 0 Å². The normalized spacial score (nSPS) is 23.8. The zero-order chi connectivity index (χ0) is 11.6. The maximum atomic E-state index is 5.52. The Hall–Kier alpha value is -0.800. The van der Waals surface area contributed by atoms with Gasteiger partial charge in [-0.15, -0.1) is 0 Å². The van der Waals surface area contributed by atoms with Gasteiger partial charge in [0.2, 0.25) is 0 Å². The third kappa shape index (κ3) is 2.90. The number of furan rings is 1. The molecule has 17 heavy (non-hydrogen) atoms. The van der Waals surface area contributed by atoms with Crippen molar-refractivity contribution in [2.24, 2.45) is 5.41 Å². The lowest BCUT2D eigenvalue weighted by Gasteiger charge is -2.37. The minimum Gasteiger partial charge on any atom is -0.469 e. The largest absolute Gasteiger partial charge is 0.469 e. The van der Waals surface area contributed by atoms with Crippen molar-refractivity contribution in [1.29, 1.82) is 0 Å². The SMILES string of the molecule is c1coc(CC2(CNC3CC3)CCOCC2)c1. The van der Waals surface area contributed by atoms with Crippen molar-refractivity contribution in [2.45, 2.75) is 38.1 Å². The van der Waals surface area contributed by atoms with E-state index < -0.39 is 0 Å². The highest BCUT2D eigenvalue weighted by molar-refractivity contribution is 5.04. The smallest absolute Gasteiger partial charge is 0.104 e. The molecule has 0 unspecified atom stereocenters. The third-order valence-electron chi connectivity index (χ3n) is 4.03. The van der Waals surface area contributed by atoms with E-state index in [1.807, 2.05) is 6.07 Å². The minimum atomic E-state index is 0.346. The molecule has 2 aliphatic rings. The molecular weight excluding hydrogens is 214 g/mol. The van der Waals surface area contributed by atoms with E-state index in [4.69, 9.17) is 9.15 Å². The van der Waals surface area contributed by atoms with E-state index >= 15 is 0 Å². The highest BCUT2D eigenvalue weighted by atomic mass is 16.5. The van der Waals surface area contributed by atoms with Crippen molar-refractivity contribution < 1.29 is 9.15 Å². The van der Waals surface area contributed by atoms with E-state index in [9.17, 15) is 0 Å². The van der Waals surface area contributed by atoms with Gasteiger partial charge in [0, 0.05) is 32.2 Å². The van der Waals surface area contributed by atoms with Gasteiger partial charge in [-0.25, -0.2) is 0 Å². The highest BCUT2D eigenvalue weighted by Crippen LogP contribution is 2.35. The molecule has 3 heteroatoms. The molecule has 0 radical (unpaired) electrons. The Kier molecular flexibility index (Phi) is 3.21. The van der Waals surface area contributed by atoms with Crippen LogP contribution in [0.4, 0.5) is 0 Å². The van der Waals surface area contributed by atoms with Crippen LogP contribution >= 0.6 is 0 Å². The van der Waals surface area contributed by atoms with Crippen LogP contribution in [0, 0.1) is 5.41 Å². The number of hydrogen-bond donors (Lipinski definition) is 1. The second kappa shape index (κ2) is 4.83. The molecule has 3 rings (SSSR count). The fourth-order valence-corrected chi connectivity index (χ4v) is 2.65. The monoisotopic (exact) mass is 235 g/mol. The molecule has 1 saturated heterocycles. The summed E-state index contributed by atoms with van der Waals surface area (Å²) < 4.78 is 11.0. The van der Waals surface area contributed by atoms with Gasteiger partial charge in [0.15, 0.2) is 0 Å². The molecule has 2 fully saturated rings. The molecule has 0 amide bonds. The fourth-order valence-electron chi connectivity index (χ4n) is 2.65. The highest BCUT2D eigenvalue weighted by Gasteiger charge is 2.35. The molecule has 1 aliphatic heterocycles. The summed E-state index contributed by atoms with van der Waals surface area (Å²) in [6.45, 7) is 2.90. The first-order valence-electron chi connectivity index (χ1n) is 6.70. The summed E-state index contributed by atoms with van der Waals surface area (Å²) in [7, 11) is 0. The predicted molar refractivity (Wildman–Crippen MR) is 65.9 cm³/mol. The van der Waals surface area contributed by atoms with E-state index in [-0.39, 0.29) is 0 Å². The van der Waals surface area contributed by atoms with Gasteiger partial charge < -0.3 is 14.5 Å². The van der Waals surface area contributed by atoms with Gasteiger partial charge in [-0.1, -0.05) is 0 Å². The summed E-state index contributed by atoms with van der Waals surface area (Å²) in [6.07, 6.45) is 7.82. The molecule has 1 saturated carbocycles. The molecule has 2 heterocycles. The molecule has 3 nitrogen and oxygen atoms in total. The average Bonchev–Trinajstić information content (AvgIpc) is 3.06. The zero-order valence-corrected chi connectivity index (χ0v) is 10.3. The van der Waals surface area contributed by atoms with E-state index in [2.05, 4.69) is 11.4 Å². The van der Waals surface area contributed by atoms with Crippen LogP contribution in [0.25, 0.3) is 0 Å². The molecule has 1 aromatic rings. The van der Waals surface area contributed by atoms with Crippen LogP contribution in [0.2, 0.25) is 0 Å². The fraction of sp³-hybridized carbons (Fsp3) is 0.714. The molecule has 0 bridgehead atoms. The Morgan fingerprint density at radius 2 is 2.12 bits per heavy atom. The average molecular weight is 235 g/mol. The van der Waals surface area contributed by atoms with Crippen LogP contribution in [0.3, 0.4) is 0 Å². The Morgan fingerprint density at radius 1 is 1.29 bits per heavy atom. The second-order valence-electron chi connectivity index (χ2n) is 5.52. The van der Waals surface area contributed by atoms with E-state index in [0.29, 0.717) is 5.41 Å². The molecular formula is C14H21NO2. The molecule has 94 valence electrons. The van der Waals surface area contributed by atoms with Gasteiger partial charge in [0.1, 0.15) is 5.76 Å². The van der Waals surface area contributed by atoms with Crippen LogP contribution in [-0.4, -0.2) is 25.8 Å². The number of hydrogen-bond acceptors (Lipinski definition) is 3. The minimum absolute atomic E-state index is 0.346. The Bertz CT molecular complexity index is 337. The van der Waals surface area contributed by atoms with Gasteiger partial charge in [-0.3, -0.25) is 0 Å². The summed E-state index contributed by atoms with van der Waals surface area (Å²) in [5.74, 6) is 1.12. The van der Waals surface area contributed by atoms with Gasteiger partial charge in [-0.05, 0) is 43.2 Å². The number of nitrogens with one attached hydrogen (secondary N) is 1.